The largest absolute Gasteiger partial charge is 0.328 e. The molecule has 0 unspecified atom stereocenters. The molecule has 1 aliphatic rings. The Balaban J connectivity index is 1.46. The third-order valence-corrected chi connectivity index (χ3v) is 5.19. The van der Waals surface area contributed by atoms with Crippen molar-refractivity contribution in [2.75, 3.05) is 6.54 Å². The predicted molar refractivity (Wildman–Crippen MR) is 102 cm³/mol. The van der Waals surface area contributed by atoms with E-state index < -0.39 is 0 Å². The number of nitrogens with zero attached hydrogens (tertiary/aromatic N) is 8. The summed E-state index contributed by atoms with van der Waals surface area (Å²) in [5.74, 6) is 1.46. The molecule has 9 heteroatoms. The van der Waals surface area contributed by atoms with Crippen molar-refractivity contribution in [3.8, 4) is 11.4 Å². The number of carbonyl (C=O) groups is 1. The highest BCUT2D eigenvalue weighted by Gasteiger charge is 2.31. The first-order valence-corrected chi connectivity index (χ1v) is 9.18. The fourth-order valence-corrected chi connectivity index (χ4v) is 3.83. The summed E-state index contributed by atoms with van der Waals surface area (Å²) in [6, 6.07) is 5.89. The second-order valence-corrected chi connectivity index (χ2v) is 7.27. The van der Waals surface area contributed by atoms with Crippen molar-refractivity contribution in [1.29, 1.82) is 0 Å². The molecule has 0 saturated heterocycles. The van der Waals surface area contributed by atoms with Crippen LogP contribution >= 0.6 is 0 Å². The Kier molecular flexibility index (Phi) is 3.58. The van der Waals surface area contributed by atoms with Gasteiger partial charge in [-0.2, -0.15) is 5.10 Å². The average molecular weight is 376 g/mol. The van der Waals surface area contributed by atoms with Crippen LogP contribution in [0.15, 0.2) is 36.8 Å². The topological polar surface area (TPSA) is 86.1 Å². The summed E-state index contributed by atoms with van der Waals surface area (Å²) in [5, 5.41) is 12.9. The molecule has 1 aliphatic heterocycles. The number of imidazole rings is 1. The molecular formula is C19H20N8O. The number of fused-ring (bicyclic) bond motifs is 2. The highest BCUT2D eigenvalue weighted by molar-refractivity contribution is 5.93. The van der Waals surface area contributed by atoms with Crippen LogP contribution in [0.5, 0.6) is 0 Å². The van der Waals surface area contributed by atoms with Gasteiger partial charge in [0.15, 0.2) is 11.6 Å². The Morgan fingerprint density at radius 1 is 1.21 bits per heavy atom. The van der Waals surface area contributed by atoms with Crippen LogP contribution in [0, 0.1) is 6.92 Å². The zero-order valence-electron chi connectivity index (χ0n) is 15.9. The van der Waals surface area contributed by atoms with Gasteiger partial charge in [0.1, 0.15) is 11.3 Å². The van der Waals surface area contributed by atoms with Gasteiger partial charge < -0.3 is 13.9 Å². The summed E-state index contributed by atoms with van der Waals surface area (Å²) < 4.78 is 5.77. The van der Waals surface area contributed by atoms with E-state index in [2.05, 4.69) is 31.8 Å². The molecule has 0 aromatic carbocycles. The van der Waals surface area contributed by atoms with Crippen LogP contribution in [-0.4, -0.2) is 51.3 Å². The molecule has 9 nitrogen and oxygen atoms in total. The molecule has 0 bridgehead atoms. The summed E-state index contributed by atoms with van der Waals surface area (Å²) in [7, 11) is 1.87. The maximum absolute atomic E-state index is 13.1. The van der Waals surface area contributed by atoms with E-state index >= 15 is 0 Å². The van der Waals surface area contributed by atoms with Crippen molar-refractivity contribution in [1.82, 2.24) is 38.8 Å². The van der Waals surface area contributed by atoms with Gasteiger partial charge in [-0.3, -0.25) is 9.48 Å². The summed E-state index contributed by atoms with van der Waals surface area (Å²) >= 11 is 0. The van der Waals surface area contributed by atoms with E-state index in [9.17, 15) is 4.79 Å². The van der Waals surface area contributed by atoms with Crippen molar-refractivity contribution >= 4 is 11.6 Å². The van der Waals surface area contributed by atoms with Crippen molar-refractivity contribution < 1.29 is 4.79 Å². The van der Waals surface area contributed by atoms with Gasteiger partial charge in [-0.15, -0.1) is 10.2 Å². The summed E-state index contributed by atoms with van der Waals surface area (Å²) in [6.07, 6.45) is 5.50. The van der Waals surface area contributed by atoms with E-state index in [0.717, 1.165) is 28.6 Å². The van der Waals surface area contributed by atoms with Crippen LogP contribution < -0.4 is 0 Å². The van der Waals surface area contributed by atoms with E-state index in [4.69, 9.17) is 0 Å². The Hall–Kier alpha value is -3.49. The van der Waals surface area contributed by atoms with Crippen molar-refractivity contribution in [3.63, 3.8) is 0 Å². The van der Waals surface area contributed by atoms with Gasteiger partial charge in [0.25, 0.3) is 5.91 Å². The number of rotatable bonds is 2. The molecule has 0 aliphatic carbocycles. The first-order valence-electron chi connectivity index (χ1n) is 9.18. The second-order valence-electron chi connectivity index (χ2n) is 7.27. The third kappa shape index (κ3) is 2.50. The maximum atomic E-state index is 13.1. The van der Waals surface area contributed by atoms with E-state index in [1.54, 1.807) is 22.0 Å². The standard InChI is InChI=1S/C19H20N8O/c1-12-5-4-6-16-21-15(10-26(12)16)19(28)25-8-13(2)27-17(11-25)22-23-18(27)14-7-20-24(3)9-14/h4-7,9-10,13H,8,11H2,1-3H3/t13-/m0/s1. The van der Waals surface area contributed by atoms with Gasteiger partial charge in [0, 0.05) is 31.7 Å². The van der Waals surface area contributed by atoms with Crippen LogP contribution in [0.2, 0.25) is 0 Å². The number of carbonyl (C=O) groups excluding carboxylic acids is 1. The number of hydrogen-bond acceptors (Lipinski definition) is 5. The van der Waals surface area contributed by atoms with E-state index in [0.29, 0.717) is 18.8 Å². The predicted octanol–water partition coefficient (Wildman–Crippen LogP) is 1.85. The quantitative estimate of drug-likeness (QED) is 0.533. The molecule has 0 fully saturated rings. The molecule has 0 spiro atoms. The number of amides is 1. The maximum Gasteiger partial charge on any atom is 0.274 e. The molecule has 1 amide bonds. The normalized spacial score (nSPS) is 16.5. The Morgan fingerprint density at radius 2 is 2.07 bits per heavy atom. The number of hydrogen-bond donors (Lipinski definition) is 0. The Bertz CT molecular complexity index is 1200. The molecule has 0 radical (unpaired) electrons. The van der Waals surface area contributed by atoms with Crippen LogP contribution in [0.25, 0.3) is 17.0 Å². The van der Waals surface area contributed by atoms with Gasteiger partial charge in [-0.1, -0.05) is 6.07 Å². The van der Waals surface area contributed by atoms with Crippen LogP contribution in [0.1, 0.15) is 35.0 Å². The molecule has 4 aromatic rings. The molecule has 28 heavy (non-hydrogen) atoms. The fraction of sp³-hybridized carbons (Fsp3) is 0.316. The third-order valence-electron chi connectivity index (χ3n) is 5.19. The molecule has 0 N–H and O–H groups in total. The van der Waals surface area contributed by atoms with Gasteiger partial charge in [-0.25, -0.2) is 4.98 Å². The average Bonchev–Trinajstić information content (AvgIpc) is 3.38. The van der Waals surface area contributed by atoms with Crippen molar-refractivity contribution in [2.24, 2.45) is 7.05 Å². The van der Waals surface area contributed by atoms with Crippen LogP contribution in [-0.2, 0) is 13.6 Å². The van der Waals surface area contributed by atoms with E-state index in [-0.39, 0.29) is 11.9 Å². The Morgan fingerprint density at radius 3 is 2.82 bits per heavy atom. The lowest BCUT2D eigenvalue weighted by Gasteiger charge is -2.32. The molecule has 5 rings (SSSR count). The van der Waals surface area contributed by atoms with Gasteiger partial charge in [0.05, 0.1) is 24.3 Å². The van der Waals surface area contributed by atoms with Crippen molar-refractivity contribution in [2.45, 2.75) is 26.4 Å². The lowest BCUT2D eigenvalue weighted by molar-refractivity contribution is 0.0677. The SMILES string of the molecule is Cc1cccc2nc(C(=O)N3Cc4nnc(-c5cnn(C)c5)n4[C@@H](C)C3)cn12. The molecular weight excluding hydrogens is 356 g/mol. The lowest BCUT2D eigenvalue weighted by atomic mass is 10.2. The van der Waals surface area contributed by atoms with Gasteiger partial charge in [-0.05, 0) is 26.0 Å². The molecule has 5 heterocycles. The van der Waals surface area contributed by atoms with Gasteiger partial charge in [0.2, 0.25) is 0 Å². The number of aryl methyl sites for hydroxylation is 2. The summed E-state index contributed by atoms with van der Waals surface area (Å²) in [5.41, 5.74) is 3.18. The van der Waals surface area contributed by atoms with E-state index in [1.165, 1.54) is 0 Å². The summed E-state index contributed by atoms with van der Waals surface area (Å²) in [6.45, 7) is 5.04. The Labute approximate surface area is 161 Å². The highest BCUT2D eigenvalue weighted by atomic mass is 16.2. The monoisotopic (exact) mass is 376 g/mol. The second kappa shape index (κ2) is 6.01. The molecule has 1 atom stereocenters. The zero-order valence-corrected chi connectivity index (χ0v) is 15.9. The zero-order chi connectivity index (χ0) is 19.4. The van der Waals surface area contributed by atoms with Crippen molar-refractivity contribution in [3.05, 3.63) is 54.0 Å². The molecule has 142 valence electrons. The van der Waals surface area contributed by atoms with Crippen LogP contribution in [0.3, 0.4) is 0 Å². The first kappa shape index (κ1) is 16.7. The highest BCUT2D eigenvalue weighted by Crippen LogP contribution is 2.28. The fourth-order valence-electron chi connectivity index (χ4n) is 3.83. The molecule has 0 saturated carbocycles. The first-order chi connectivity index (χ1) is 13.5. The minimum atomic E-state index is -0.0906. The molecule has 4 aromatic heterocycles. The van der Waals surface area contributed by atoms with Crippen LogP contribution in [0.4, 0.5) is 0 Å². The number of pyridine rings is 1. The minimum Gasteiger partial charge on any atom is -0.328 e. The summed E-state index contributed by atoms with van der Waals surface area (Å²) in [4.78, 5) is 19.4. The number of aromatic nitrogens is 7. The minimum absolute atomic E-state index is 0.0525. The smallest absolute Gasteiger partial charge is 0.274 e. The van der Waals surface area contributed by atoms with E-state index in [1.807, 2.05) is 42.8 Å². The van der Waals surface area contributed by atoms with Gasteiger partial charge >= 0.3 is 0 Å². The lowest BCUT2D eigenvalue weighted by Crippen LogP contribution is -2.40.